The van der Waals surface area contributed by atoms with Crippen LogP contribution in [0, 0.1) is 11.7 Å². The van der Waals surface area contributed by atoms with Gasteiger partial charge < -0.3 is 10.6 Å². The third-order valence-electron chi connectivity index (χ3n) is 2.71. The molecule has 1 rings (SSSR count). The molecule has 0 aliphatic carbocycles. The second-order valence-corrected chi connectivity index (χ2v) is 4.54. The quantitative estimate of drug-likeness (QED) is 0.818. The third kappa shape index (κ3) is 4.19. The van der Waals surface area contributed by atoms with Crippen LogP contribution in [0.2, 0.25) is 0 Å². The molecule has 1 atom stereocenters. The minimum atomic E-state index is -4.82. The van der Waals surface area contributed by atoms with Gasteiger partial charge in [-0.2, -0.15) is 13.2 Å². The van der Waals surface area contributed by atoms with Crippen LogP contribution in [0.5, 0.6) is 0 Å². The molecule has 1 unspecified atom stereocenters. The summed E-state index contributed by atoms with van der Waals surface area (Å²) >= 11 is 0. The fourth-order valence-electron chi connectivity index (χ4n) is 1.71. The fraction of sp³-hybridized carbons (Fsp3) is 0.462. The van der Waals surface area contributed by atoms with Gasteiger partial charge in [-0.05, 0) is 31.6 Å². The standard InChI is InChI=1S/C13H16F4N2O/c1-8(6-18-2)7-19-12(20)9-4-3-5-10(11(9)14)13(15,16)17/h3-5,8,18H,6-7H2,1-2H3,(H,19,20). The summed E-state index contributed by atoms with van der Waals surface area (Å²) in [5, 5.41) is 5.31. The maximum absolute atomic E-state index is 13.7. The summed E-state index contributed by atoms with van der Waals surface area (Å²) in [5.41, 5.74) is -2.04. The van der Waals surface area contributed by atoms with E-state index in [2.05, 4.69) is 10.6 Å². The molecule has 20 heavy (non-hydrogen) atoms. The molecule has 0 saturated carbocycles. The second-order valence-electron chi connectivity index (χ2n) is 4.54. The van der Waals surface area contributed by atoms with Crippen LogP contribution in [0.25, 0.3) is 0 Å². The summed E-state index contributed by atoms with van der Waals surface area (Å²) in [6.07, 6.45) is -4.82. The maximum atomic E-state index is 13.7. The van der Waals surface area contributed by atoms with E-state index in [4.69, 9.17) is 0 Å². The van der Waals surface area contributed by atoms with Crippen molar-refractivity contribution >= 4 is 5.91 Å². The first-order valence-corrected chi connectivity index (χ1v) is 6.06. The molecule has 0 aliphatic rings. The average molecular weight is 292 g/mol. The maximum Gasteiger partial charge on any atom is 0.419 e. The van der Waals surface area contributed by atoms with E-state index < -0.39 is 29.0 Å². The van der Waals surface area contributed by atoms with Gasteiger partial charge in [0, 0.05) is 6.54 Å². The van der Waals surface area contributed by atoms with E-state index in [0.717, 1.165) is 12.1 Å². The highest BCUT2D eigenvalue weighted by Gasteiger charge is 2.35. The zero-order chi connectivity index (χ0) is 15.3. The van der Waals surface area contributed by atoms with Gasteiger partial charge >= 0.3 is 6.18 Å². The highest BCUT2D eigenvalue weighted by atomic mass is 19.4. The molecule has 2 N–H and O–H groups in total. The van der Waals surface area contributed by atoms with Crippen LogP contribution in [-0.2, 0) is 6.18 Å². The highest BCUT2D eigenvalue weighted by molar-refractivity contribution is 5.94. The highest BCUT2D eigenvalue weighted by Crippen LogP contribution is 2.32. The Kier molecular flexibility index (Phi) is 5.50. The molecular formula is C13H16F4N2O. The van der Waals surface area contributed by atoms with Gasteiger partial charge in [-0.25, -0.2) is 4.39 Å². The lowest BCUT2D eigenvalue weighted by Crippen LogP contribution is -2.33. The first-order chi connectivity index (χ1) is 9.27. The predicted octanol–water partition coefficient (Wildman–Crippen LogP) is 2.43. The van der Waals surface area contributed by atoms with Crippen LogP contribution >= 0.6 is 0 Å². The van der Waals surface area contributed by atoms with Crippen LogP contribution in [-0.4, -0.2) is 26.0 Å². The summed E-state index contributed by atoms with van der Waals surface area (Å²) < 4.78 is 51.3. The van der Waals surface area contributed by atoms with Gasteiger partial charge in [-0.15, -0.1) is 0 Å². The van der Waals surface area contributed by atoms with Gasteiger partial charge in [0.15, 0.2) is 0 Å². The summed E-state index contributed by atoms with van der Waals surface area (Å²) in [6.45, 7) is 2.72. The molecule has 0 radical (unpaired) electrons. The Hall–Kier alpha value is -1.63. The predicted molar refractivity (Wildman–Crippen MR) is 66.8 cm³/mol. The molecule has 0 spiro atoms. The number of carbonyl (C=O) groups is 1. The monoisotopic (exact) mass is 292 g/mol. The summed E-state index contributed by atoms with van der Waals surface area (Å²) in [4.78, 5) is 11.7. The Balaban J connectivity index is 2.84. The van der Waals surface area contributed by atoms with Gasteiger partial charge in [0.25, 0.3) is 5.91 Å². The first kappa shape index (κ1) is 16.4. The molecule has 0 bridgehead atoms. The van der Waals surface area contributed by atoms with Gasteiger partial charge in [0.05, 0.1) is 11.1 Å². The smallest absolute Gasteiger partial charge is 0.352 e. The lowest BCUT2D eigenvalue weighted by atomic mass is 10.1. The van der Waals surface area contributed by atoms with Gasteiger partial charge in [0.1, 0.15) is 5.82 Å². The van der Waals surface area contributed by atoms with Crippen LogP contribution in [0.15, 0.2) is 18.2 Å². The van der Waals surface area contributed by atoms with Crippen molar-refractivity contribution in [1.82, 2.24) is 10.6 Å². The van der Waals surface area contributed by atoms with Crippen molar-refractivity contribution in [2.75, 3.05) is 20.1 Å². The first-order valence-electron chi connectivity index (χ1n) is 6.06. The number of halogens is 4. The number of hydrogen-bond acceptors (Lipinski definition) is 2. The molecule has 1 aromatic carbocycles. The number of alkyl halides is 3. The Morgan fingerprint density at radius 1 is 1.30 bits per heavy atom. The molecule has 1 aromatic rings. The molecule has 112 valence electrons. The van der Waals surface area contributed by atoms with E-state index in [-0.39, 0.29) is 12.5 Å². The van der Waals surface area contributed by atoms with E-state index in [9.17, 15) is 22.4 Å². The number of rotatable bonds is 5. The SMILES string of the molecule is CNCC(C)CNC(=O)c1cccc(C(F)(F)F)c1F. The van der Waals surface area contributed by atoms with E-state index in [1.165, 1.54) is 0 Å². The van der Waals surface area contributed by atoms with Crippen LogP contribution < -0.4 is 10.6 Å². The van der Waals surface area contributed by atoms with Crippen molar-refractivity contribution in [1.29, 1.82) is 0 Å². The van der Waals surface area contributed by atoms with Gasteiger partial charge in [0.2, 0.25) is 0 Å². The Bertz CT molecular complexity index is 474. The molecule has 7 heteroatoms. The van der Waals surface area contributed by atoms with Crippen LogP contribution in [0.1, 0.15) is 22.8 Å². The molecule has 0 saturated heterocycles. The van der Waals surface area contributed by atoms with Gasteiger partial charge in [-0.1, -0.05) is 13.0 Å². The van der Waals surface area contributed by atoms with Crippen LogP contribution in [0.4, 0.5) is 17.6 Å². The van der Waals surface area contributed by atoms with Crippen LogP contribution in [0.3, 0.4) is 0 Å². The van der Waals surface area contributed by atoms with E-state index in [1.807, 2.05) is 6.92 Å². The number of carbonyl (C=O) groups excluding carboxylic acids is 1. The molecular weight excluding hydrogens is 276 g/mol. The Morgan fingerprint density at radius 2 is 1.95 bits per heavy atom. The van der Waals surface area contributed by atoms with E-state index in [0.29, 0.717) is 12.6 Å². The average Bonchev–Trinajstić information content (AvgIpc) is 2.35. The third-order valence-corrected chi connectivity index (χ3v) is 2.71. The summed E-state index contributed by atoms with van der Waals surface area (Å²) in [5.74, 6) is -2.31. The molecule has 1 amide bonds. The minimum absolute atomic E-state index is 0.0813. The summed E-state index contributed by atoms with van der Waals surface area (Å²) in [6, 6.07) is 2.65. The lowest BCUT2D eigenvalue weighted by molar-refractivity contribution is -0.140. The minimum Gasteiger partial charge on any atom is -0.352 e. The van der Waals surface area contributed by atoms with Crippen molar-refractivity contribution in [3.8, 4) is 0 Å². The number of nitrogens with one attached hydrogen (secondary N) is 2. The topological polar surface area (TPSA) is 41.1 Å². The molecule has 0 aliphatic heterocycles. The summed E-state index contributed by atoms with van der Waals surface area (Å²) in [7, 11) is 1.74. The second kappa shape index (κ2) is 6.69. The Morgan fingerprint density at radius 3 is 2.50 bits per heavy atom. The molecule has 3 nitrogen and oxygen atoms in total. The van der Waals surface area contributed by atoms with Crippen molar-refractivity contribution in [3.05, 3.63) is 35.1 Å². The van der Waals surface area contributed by atoms with Crippen molar-refractivity contribution < 1.29 is 22.4 Å². The largest absolute Gasteiger partial charge is 0.419 e. The molecule has 0 fully saturated rings. The van der Waals surface area contributed by atoms with E-state index in [1.54, 1.807) is 7.05 Å². The molecule has 0 aromatic heterocycles. The van der Waals surface area contributed by atoms with Crippen molar-refractivity contribution in [2.24, 2.45) is 5.92 Å². The van der Waals surface area contributed by atoms with Crippen molar-refractivity contribution in [2.45, 2.75) is 13.1 Å². The number of amides is 1. The van der Waals surface area contributed by atoms with E-state index >= 15 is 0 Å². The fourth-order valence-corrected chi connectivity index (χ4v) is 1.71. The van der Waals surface area contributed by atoms with Crippen molar-refractivity contribution in [3.63, 3.8) is 0 Å². The number of benzene rings is 1. The van der Waals surface area contributed by atoms with Gasteiger partial charge in [-0.3, -0.25) is 4.79 Å². The molecule has 0 heterocycles. The zero-order valence-electron chi connectivity index (χ0n) is 11.1. The number of hydrogen-bond donors (Lipinski definition) is 2. The normalized spacial score (nSPS) is 13.1. The lowest BCUT2D eigenvalue weighted by Gasteiger charge is -2.14. The zero-order valence-corrected chi connectivity index (χ0v) is 11.1. The Labute approximate surface area is 114 Å².